The number of carbonyl (C=O) groups is 2. The van der Waals surface area contributed by atoms with E-state index in [-0.39, 0.29) is 11.6 Å². The highest BCUT2D eigenvalue weighted by molar-refractivity contribution is 9.10. The number of carbonyl (C=O) groups excluding carboxylic acids is 2. The second-order valence-corrected chi connectivity index (χ2v) is 5.15. The summed E-state index contributed by atoms with van der Waals surface area (Å²) in [4.78, 5) is 25.0. The van der Waals surface area contributed by atoms with Crippen LogP contribution in [0, 0.1) is 0 Å². The van der Waals surface area contributed by atoms with Gasteiger partial charge in [-0.25, -0.2) is 0 Å². The van der Waals surface area contributed by atoms with Crippen molar-refractivity contribution in [3.8, 4) is 0 Å². The summed E-state index contributed by atoms with van der Waals surface area (Å²) in [5, 5.41) is 2.99. The maximum absolute atomic E-state index is 12.6. The molecule has 0 radical (unpaired) electrons. The monoisotopic (exact) mass is 315 g/mol. The predicted octanol–water partition coefficient (Wildman–Crippen LogP) is 3.27. The normalized spacial score (nSPS) is 12.9. The van der Waals surface area contributed by atoms with Crippen LogP contribution in [0.4, 0.5) is 5.69 Å². The van der Waals surface area contributed by atoms with Crippen LogP contribution in [-0.2, 0) is 0 Å². The van der Waals surface area contributed by atoms with Gasteiger partial charge in [-0.2, -0.15) is 0 Å². The van der Waals surface area contributed by atoms with Gasteiger partial charge in [-0.05, 0) is 28.1 Å². The minimum atomic E-state index is -0.115. The Morgan fingerprint density at radius 2 is 1.53 bits per heavy atom. The van der Waals surface area contributed by atoms with E-state index in [0.29, 0.717) is 27.9 Å². The summed E-state index contributed by atoms with van der Waals surface area (Å²) in [6, 6.07) is 10.4. The summed E-state index contributed by atoms with van der Waals surface area (Å²) in [5.74, 6) is -0.218. The van der Waals surface area contributed by atoms with Crippen molar-refractivity contribution >= 4 is 33.2 Å². The lowest BCUT2D eigenvalue weighted by molar-refractivity contribution is 0.0979. The molecule has 0 amide bonds. The standard InChI is InChI=1S/C15H10BrNO2/c1-17-13-11(16)7-6-10-12(13)15(19)9-5-3-2-4-8(9)14(10)18/h2-7,17H,1H3. The lowest BCUT2D eigenvalue weighted by Gasteiger charge is -2.20. The van der Waals surface area contributed by atoms with E-state index in [1.54, 1.807) is 43.4 Å². The molecular formula is C15H10BrNO2. The molecule has 4 heteroatoms. The molecule has 0 unspecified atom stereocenters. The van der Waals surface area contributed by atoms with Crippen molar-refractivity contribution in [2.75, 3.05) is 12.4 Å². The van der Waals surface area contributed by atoms with Gasteiger partial charge in [-0.1, -0.05) is 24.3 Å². The minimum absolute atomic E-state index is 0.103. The topological polar surface area (TPSA) is 46.2 Å². The van der Waals surface area contributed by atoms with Crippen molar-refractivity contribution < 1.29 is 9.59 Å². The molecular weight excluding hydrogens is 306 g/mol. The molecule has 0 aliphatic heterocycles. The number of fused-ring (bicyclic) bond motifs is 2. The van der Waals surface area contributed by atoms with E-state index in [0.717, 1.165) is 4.47 Å². The van der Waals surface area contributed by atoms with Crippen molar-refractivity contribution in [3.63, 3.8) is 0 Å². The average molecular weight is 316 g/mol. The molecule has 0 saturated heterocycles. The Morgan fingerprint density at radius 3 is 2.16 bits per heavy atom. The Morgan fingerprint density at radius 1 is 0.895 bits per heavy atom. The molecule has 0 saturated carbocycles. The highest BCUT2D eigenvalue weighted by Crippen LogP contribution is 2.35. The number of benzene rings is 2. The fraction of sp³-hybridized carbons (Fsp3) is 0.0667. The van der Waals surface area contributed by atoms with E-state index in [4.69, 9.17) is 0 Å². The fourth-order valence-corrected chi connectivity index (χ4v) is 2.93. The van der Waals surface area contributed by atoms with E-state index >= 15 is 0 Å². The summed E-state index contributed by atoms with van der Waals surface area (Å²) in [6.07, 6.45) is 0. The predicted molar refractivity (Wildman–Crippen MR) is 77.0 cm³/mol. The van der Waals surface area contributed by atoms with Crippen molar-refractivity contribution in [1.82, 2.24) is 0 Å². The molecule has 1 aliphatic carbocycles. The molecule has 0 atom stereocenters. The van der Waals surface area contributed by atoms with Crippen LogP contribution in [0.5, 0.6) is 0 Å². The van der Waals surface area contributed by atoms with Crippen molar-refractivity contribution in [2.45, 2.75) is 0 Å². The molecule has 1 N–H and O–H groups in total. The molecule has 3 nitrogen and oxygen atoms in total. The van der Waals surface area contributed by atoms with Crippen LogP contribution in [-0.4, -0.2) is 18.6 Å². The van der Waals surface area contributed by atoms with Gasteiger partial charge in [0.15, 0.2) is 11.6 Å². The maximum Gasteiger partial charge on any atom is 0.196 e. The first-order valence-corrected chi connectivity index (χ1v) is 6.63. The van der Waals surface area contributed by atoms with Gasteiger partial charge in [-0.15, -0.1) is 0 Å². The van der Waals surface area contributed by atoms with Crippen LogP contribution in [0.25, 0.3) is 0 Å². The Kier molecular flexibility index (Phi) is 2.75. The number of hydrogen-bond acceptors (Lipinski definition) is 3. The lowest BCUT2D eigenvalue weighted by atomic mass is 9.83. The third-order valence-electron chi connectivity index (χ3n) is 3.29. The number of halogens is 1. The third kappa shape index (κ3) is 1.64. The van der Waals surface area contributed by atoms with Crippen molar-refractivity contribution in [3.05, 3.63) is 63.1 Å². The van der Waals surface area contributed by atoms with Crippen molar-refractivity contribution in [1.29, 1.82) is 0 Å². The Bertz CT molecular complexity index is 722. The number of hydrogen-bond donors (Lipinski definition) is 1. The molecule has 0 bridgehead atoms. The van der Waals surface area contributed by atoms with E-state index in [1.165, 1.54) is 0 Å². The van der Waals surface area contributed by atoms with Crippen LogP contribution < -0.4 is 5.32 Å². The maximum atomic E-state index is 12.6. The van der Waals surface area contributed by atoms with Crippen LogP contribution in [0.15, 0.2) is 40.9 Å². The van der Waals surface area contributed by atoms with Crippen molar-refractivity contribution in [2.24, 2.45) is 0 Å². The molecule has 2 aromatic carbocycles. The first-order chi connectivity index (χ1) is 9.15. The van der Waals surface area contributed by atoms with E-state index < -0.39 is 0 Å². The lowest BCUT2D eigenvalue weighted by Crippen LogP contribution is -2.22. The number of ketones is 2. The fourth-order valence-electron chi connectivity index (χ4n) is 2.41. The summed E-state index contributed by atoms with van der Waals surface area (Å²) in [7, 11) is 1.73. The van der Waals surface area contributed by atoms with Gasteiger partial charge in [0.05, 0.1) is 11.3 Å². The number of rotatable bonds is 1. The smallest absolute Gasteiger partial charge is 0.196 e. The average Bonchev–Trinajstić information content (AvgIpc) is 2.44. The van der Waals surface area contributed by atoms with Gasteiger partial charge in [0.25, 0.3) is 0 Å². The Hall–Kier alpha value is -1.94. The summed E-state index contributed by atoms with van der Waals surface area (Å²) in [6.45, 7) is 0. The molecule has 0 fully saturated rings. The van der Waals surface area contributed by atoms with Gasteiger partial charge >= 0.3 is 0 Å². The van der Waals surface area contributed by atoms with Crippen LogP contribution >= 0.6 is 15.9 Å². The molecule has 2 aromatic rings. The Balaban J connectivity index is 2.36. The SMILES string of the molecule is CNc1c(Br)ccc2c1C(=O)c1ccccc1C2=O. The van der Waals surface area contributed by atoms with E-state index in [9.17, 15) is 9.59 Å². The number of nitrogens with one attached hydrogen (secondary N) is 1. The van der Waals surface area contributed by atoms with Gasteiger partial charge in [0.1, 0.15) is 0 Å². The first kappa shape index (κ1) is 12.1. The summed E-state index contributed by atoms with van der Waals surface area (Å²) >= 11 is 3.40. The zero-order valence-corrected chi connectivity index (χ0v) is 11.7. The minimum Gasteiger partial charge on any atom is -0.387 e. The highest BCUT2D eigenvalue weighted by atomic mass is 79.9. The van der Waals surface area contributed by atoms with E-state index in [2.05, 4.69) is 21.2 Å². The molecule has 1 aliphatic rings. The highest BCUT2D eigenvalue weighted by Gasteiger charge is 2.31. The Labute approximate surface area is 118 Å². The number of anilines is 1. The van der Waals surface area contributed by atoms with Crippen LogP contribution in [0.2, 0.25) is 0 Å². The summed E-state index contributed by atoms with van der Waals surface area (Å²) < 4.78 is 0.772. The van der Waals surface area contributed by atoms with Crippen LogP contribution in [0.3, 0.4) is 0 Å². The van der Waals surface area contributed by atoms with E-state index in [1.807, 2.05) is 0 Å². The van der Waals surface area contributed by atoms with Crippen LogP contribution in [0.1, 0.15) is 31.8 Å². The van der Waals surface area contributed by atoms with Gasteiger partial charge in [-0.3, -0.25) is 9.59 Å². The largest absolute Gasteiger partial charge is 0.387 e. The second kappa shape index (κ2) is 4.31. The van der Waals surface area contributed by atoms with Gasteiger partial charge in [0, 0.05) is 28.2 Å². The quantitative estimate of drug-likeness (QED) is 0.749. The zero-order chi connectivity index (χ0) is 13.6. The molecule has 3 rings (SSSR count). The molecule has 19 heavy (non-hydrogen) atoms. The van der Waals surface area contributed by atoms with Gasteiger partial charge < -0.3 is 5.32 Å². The zero-order valence-electron chi connectivity index (χ0n) is 10.2. The molecule has 94 valence electrons. The molecule has 0 aromatic heterocycles. The molecule has 0 spiro atoms. The van der Waals surface area contributed by atoms with Gasteiger partial charge in [0.2, 0.25) is 0 Å². The molecule has 0 heterocycles. The summed E-state index contributed by atoms with van der Waals surface area (Å²) in [5.41, 5.74) is 2.50. The first-order valence-electron chi connectivity index (χ1n) is 5.84. The third-order valence-corrected chi connectivity index (χ3v) is 3.95. The second-order valence-electron chi connectivity index (χ2n) is 4.30.